The average molecular weight is 575 g/mol. The molecule has 5 heteroatoms. The van der Waals surface area contributed by atoms with E-state index in [2.05, 4.69) is 27.7 Å². The molecule has 6 fully saturated rings. The number of carbonyl (C=O) groups is 3. The highest BCUT2D eigenvalue weighted by Crippen LogP contribution is 2.87. The molecule has 0 aromatic heterocycles. The maximum Gasteiger partial charge on any atom is 0.309 e. The van der Waals surface area contributed by atoms with Crippen molar-refractivity contribution in [3.8, 4) is 0 Å². The minimum atomic E-state index is -0.378. The molecule has 5 nitrogen and oxygen atoms in total. The van der Waals surface area contributed by atoms with Crippen LogP contribution in [0.15, 0.2) is 30.3 Å². The Morgan fingerprint density at radius 2 is 1.81 bits per heavy atom. The number of hydrogen-bond donors (Lipinski definition) is 0. The first-order chi connectivity index (χ1) is 20.0. The van der Waals surface area contributed by atoms with E-state index in [0.717, 1.165) is 44.1 Å². The summed E-state index contributed by atoms with van der Waals surface area (Å²) in [5.41, 5.74) is 0.730. The van der Waals surface area contributed by atoms with E-state index in [9.17, 15) is 14.4 Å². The summed E-state index contributed by atoms with van der Waals surface area (Å²) in [6.45, 7) is 11.3. The second-order valence-electron chi connectivity index (χ2n) is 16.1. The van der Waals surface area contributed by atoms with Crippen LogP contribution < -0.4 is 0 Å². The van der Waals surface area contributed by atoms with Crippen LogP contribution in [0.25, 0.3) is 0 Å². The predicted molar refractivity (Wildman–Crippen MR) is 160 cm³/mol. The molecular weight excluding hydrogens is 524 g/mol. The molecule has 228 valence electrons. The van der Waals surface area contributed by atoms with E-state index in [1.165, 1.54) is 6.42 Å². The molecule has 6 aliphatic rings. The number of carbonyl (C=O) groups excluding carboxylic acids is 3. The molecule has 0 bridgehead atoms. The summed E-state index contributed by atoms with van der Waals surface area (Å²) < 4.78 is 13.3. The third kappa shape index (κ3) is 3.86. The number of ether oxygens (including phenoxy) is 2. The van der Waals surface area contributed by atoms with Crippen molar-refractivity contribution in [2.24, 2.45) is 57.7 Å². The lowest BCUT2D eigenvalue weighted by atomic mass is 9.57. The second-order valence-corrected chi connectivity index (χ2v) is 16.1. The van der Waals surface area contributed by atoms with Gasteiger partial charge in [-0.25, -0.2) is 0 Å². The molecular formula is C37H50O5. The molecule has 1 aromatic carbocycles. The summed E-state index contributed by atoms with van der Waals surface area (Å²) in [4.78, 5) is 39.1. The Balaban J connectivity index is 1.15. The zero-order valence-corrected chi connectivity index (χ0v) is 26.3. The van der Waals surface area contributed by atoms with E-state index in [0.29, 0.717) is 61.2 Å². The van der Waals surface area contributed by atoms with Gasteiger partial charge < -0.3 is 14.3 Å². The zero-order valence-electron chi connectivity index (χ0n) is 26.3. The maximum atomic E-state index is 13.7. The fraction of sp³-hybridized carbons (Fsp3) is 0.757. The standard InChI is InChI=1S/C37H50O5/c1-22-17-27(33(40)41-20-25-9-7-6-8-10-25)32-24(3)37(42-30(32)18-22)16-14-28-26-11-12-31(39)34(4,15-13-23(2)38)29(26)19-36(28)21-35(36,37)5/h6-10,22,24,26-30,32H,11-21H2,1-5H3/t22-,24-,26?,27?,28+,29+,30-,32?,34-,35-,36-,37-/m1/s1. The van der Waals surface area contributed by atoms with E-state index in [1.54, 1.807) is 6.92 Å². The lowest BCUT2D eigenvalue weighted by molar-refractivity contribution is -0.159. The Labute approximate surface area is 251 Å². The molecule has 7 rings (SSSR count). The van der Waals surface area contributed by atoms with Crippen LogP contribution >= 0.6 is 0 Å². The summed E-state index contributed by atoms with van der Waals surface area (Å²) in [5, 5.41) is 0. The summed E-state index contributed by atoms with van der Waals surface area (Å²) in [7, 11) is 0. The van der Waals surface area contributed by atoms with Crippen molar-refractivity contribution in [3.63, 3.8) is 0 Å². The highest BCUT2D eigenvalue weighted by Gasteiger charge is 2.84. The van der Waals surface area contributed by atoms with Gasteiger partial charge in [0, 0.05) is 29.6 Å². The first kappa shape index (κ1) is 28.7. The molecule has 1 heterocycles. The van der Waals surface area contributed by atoms with Gasteiger partial charge in [-0.3, -0.25) is 9.59 Å². The van der Waals surface area contributed by atoms with Gasteiger partial charge in [-0.2, -0.15) is 0 Å². The first-order valence-electron chi connectivity index (χ1n) is 16.9. The van der Waals surface area contributed by atoms with Gasteiger partial charge in [-0.15, -0.1) is 0 Å². The third-order valence-corrected chi connectivity index (χ3v) is 14.3. The van der Waals surface area contributed by atoms with Crippen LogP contribution in [0, 0.1) is 57.7 Å². The van der Waals surface area contributed by atoms with E-state index in [-0.39, 0.29) is 51.5 Å². The number of esters is 1. The average Bonchev–Trinajstić information content (AvgIpc) is 3.31. The van der Waals surface area contributed by atoms with Crippen molar-refractivity contribution in [2.45, 2.75) is 117 Å². The van der Waals surface area contributed by atoms with Gasteiger partial charge in [0.25, 0.3) is 0 Å². The molecule has 0 N–H and O–H groups in total. The Morgan fingerprint density at radius 1 is 1.05 bits per heavy atom. The van der Waals surface area contributed by atoms with Gasteiger partial charge in [-0.05, 0) is 98.9 Å². The van der Waals surface area contributed by atoms with E-state index < -0.39 is 0 Å². The molecule has 42 heavy (non-hydrogen) atoms. The molecule has 2 spiro atoms. The van der Waals surface area contributed by atoms with Crippen LogP contribution in [0.1, 0.15) is 104 Å². The van der Waals surface area contributed by atoms with Crippen molar-refractivity contribution >= 4 is 17.5 Å². The monoisotopic (exact) mass is 574 g/mol. The van der Waals surface area contributed by atoms with E-state index in [1.807, 2.05) is 30.3 Å². The number of Topliss-reactive ketones (excluding diaryl/α,β-unsaturated/α-hetero) is 2. The van der Waals surface area contributed by atoms with Crippen LogP contribution in [0.4, 0.5) is 0 Å². The number of ketones is 2. The molecule has 1 aromatic rings. The fourth-order valence-corrected chi connectivity index (χ4v) is 12.2. The fourth-order valence-electron chi connectivity index (χ4n) is 12.2. The van der Waals surface area contributed by atoms with Crippen LogP contribution in [0.2, 0.25) is 0 Å². The Bertz CT molecular complexity index is 1270. The smallest absolute Gasteiger partial charge is 0.309 e. The van der Waals surface area contributed by atoms with Crippen molar-refractivity contribution in [3.05, 3.63) is 35.9 Å². The summed E-state index contributed by atoms with van der Waals surface area (Å²) >= 11 is 0. The summed E-state index contributed by atoms with van der Waals surface area (Å²) in [6, 6.07) is 9.99. The molecule has 0 amide bonds. The van der Waals surface area contributed by atoms with Gasteiger partial charge in [0.1, 0.15) is 18.2 Å². The van der Waals surface area contributed by atoms with Gasteiger partial charge >= 0.3 is 5.97 Å². The number of benzene rings is 1. The largest absolute Gasteiger partial charge is 0.461 e. The molecule has 5 saturated carbocycles. The van der Waals surface area contributed by atoms with Gasteiger partial charge in [0.15, 0.2) is 0 Å². The highest BCUT2D eigenvalue weighted by atomic mass is 16.5. The van der Waals surface area contributed by atoms with Crippen molar-refractivity contribution in [1.82, 2.24) is 0 Å². The predicted octanol–water partition coefficient (Wildman–Crippen LogP) is 7.35. The normalized spacial score (nSPS) is 48.6. The van der Waals surface area contributed by atoms with Crippen LogP contribution in [-0.4, -0.2) is 29.2 Å². The first-order valence-corrected chi connectivity index (χ1v) is 16.9. The Morgan fingerprint density at radius 3 is 2.55 bits per heavy atom. The topological polar surface area (TPSA) is 69.7 Å². The third-order valence-electron chi connectivity index (χ3n) is 14.3. The SMILES string of the molecule is CC(=O)CC[C@@]1(C)C(=O)CCC2[C@@H]3CC[C@]4(O[C@@H]5C[C@H](C)CC(C(=O)OCc6ccccc6)C5[C@H]4C)[C@]4(C)C[C@]34C[C@@H]21. The van der Waals surface area contributed by atoms with Crippen molar-refractivity contribution in [1.29, 1.82) is 0 Å². The summed E-state index contributed by atoms with van der Waals surface area (Å²) in [6.07, 6.45) is 9.41. The zero-order chi connectivity index (χ0) is 29.7. The Kier molecular flexibility index (Phi) is 6.67. The second kappa shape index (κ2) is 9.74. The number of rotatable bonds is 6. The molecule has 0 radical (unpaired) electrons. The lowest BCUT2D eigenvalue weighted by Gasteiger charge is -2.49. The van der Waals surface area contributed by atoms with Crippen molar-refractivity contribution in [2.75, 3.05) is 0 Å². The minimum Gasteiger partial charge on any atom is -0.461 e. The van der Waals surface area contributed by atoms with Crippen molar-refractivity contribution < 1.29 is 23.9 Å². The van der Waals surface area contributed by atoms with Gasteiger partial charge in [0.05, 0.1) is 17.6 Å². The lowest BCUT2D eigenvalue weighted by Crippen LogP contribution is -2.51. The quantitative estimate of drug-likeness (QED) is 0.332. The highest BCUT2D eigenvalue weighted by molar-refractivity contribution is 5.86. The minimum absolute atomic E-state index is 0.0520. The Hall–Kier alpha value is -2.01. The maximum absolute atomic E-state index is 13.7. The van der Waals surface area contributed by atoms with Gasteiger partial charge in [-0.1, -0.05) is 58.0 Å². The number of fused-ring (bicyclic) bond motifs is 4. The van der Waals surface area contributed by atoms with E-state index in [4.69, 9.17) is 9.47 Å². The molecule has 3 unspecified atom stereocenters. The van der Waals surface area contributed by atoms with Gasteiger partial charge in [0.2, 0.25) is 0 Å². The molecule has 12 atom stereocenters. The molecule has 1 aliphatic heterocycles. The van der Waals surface area contributed by atoms with Crippen LogP contribution in [-0.2, 0) is 30.5 Å². The summed E-state index contributed by atoms with van der Waals surface area (Å²) in [5.74, 6) is 2.93. The number of hydrogen-bond acceptors (Lipinski definition) is 5. The molecule has 5 aliphatic carbocycles. The molecule has 1 saturated heterocycles. The van der Waals surface area contributed by atoms with E-state index >= 15 is 0 Å². The van der Waals surface area contributed by atoms with Crippen LogP contribution in [0.5, 0.6) is 0 Å². The van der Waals surface area contributed by atoms with Crippen LogP contribution in [0.3, 0.4) is 0 Å².